The molecular formula is C24H31N3O4S. The number of rotatable bonds is 6. The lowest BCUT2D eigenvalue weighted by atomic mass is 9.97. The van der Waals surface area contributed by atoms with E-state index < -0.39 is 9.84 Å². The minimum atomic E-state index is -3.17. The summed E-state index contributed by atoms with van der Waals surface area (Å²) in [6.45, 7) is 5.51. The maximum Gasteiger partial charge on any atom is 0.264 e. The molecule has 2 aliphatic rings. The van der Waals surface area contributed by atoms with Crippen LogP contribution in [0.5, 0.6) is 0 Å². The summed E-state index contributed by atoms with van der Waals surface area (Å²) in [5.41, 5.74) is 0.717. The molecule has 3 heterocycles. The number of nitrogens with one attached hydrogen (secondary N) is 1. The largest absolute Gasteiger partial charge is 0.371 e. The van der Waals surface area contributed by atoms with Crippen LogP contribution in [0.25, 0.3) is 10.9 Å². The number of fused-ring (bicyclic) bond motifs is 3. The highest BCUT2D eigenvalue weighted by atomic mass is 32.2. The van der Waals surface area contributed by atoms with Crippen molar-refractivity contribution in [2.24, 2.45) is 0 Å². The topological polar surface area (TPSA) is 88.5 Å². The summed E-state index contributed by atoms with van der Waals surface area (Å²) < 4.78 is 25.4. The van der Waals surface area contributed by atoms with Crippen molar-refractivity contribution in [3.8, 4) is 0 Å². The van der Waals surface area contributed by atoms with Crippen molar-refractivity contribution < 1.29 is 13.2 Å². The van der Waals surface area contributed by atoms with Crippen LogP contribution in [0.3, 0.4) is 0 Å². The molecule has 4 rings (SSSR count). The summed E-state index contributed by atoms with van der Waals surface area (Å²) in [5.74, 6) is -0.248. The lowest BCUT2D eigenvalue weighted by molar-refractivity contribution is 0.0894. The van der Waals surface area contributed by atoms with Crippen molar-refractivity contribution in [1.82, 2.24) is 14.8 Å². The van der Waals surface area contributed by atoms with Crippen LogP contribution in [0.2, 0.25) is 0 Å². The van der Waals surface area contributed by atoms with Crippen molar-refractivity contribution in [1.29, 1.82) is 0 Å². The highest BCUT2D eigenvalue weighted by molar-refractivity contribution is 7.94. The van der Waals surface area contributed by atoms with Crippen LogP contribution in [0.15, 0.2) is 46.7 Å². The lowest BCUT2D eigenvalue weighted by Crippen LogP contribution is -2.49. The van der Waals surface area contributed by atoms with Crippen molar-refractivity contribution in [3.05, 3.63) is 57.9 Å². The zero-order valence-electron chi connectivity index (χ0n) is 18.8. The van der Waals surface area contributed by atoms with Gasteiger partial charge in [-0.1, -0.05) is 25.1 Å². The SMILES string of the molecule is CCS(=O)(=O)C=CN1[C@@H]2CC[C@H]1CC(NC(=O)c1cc3ccccc3n(C(C)C)c1=O)C2. The number of benzene rings is 1. The molecule has 1 aromatic carbocycles. The summed E-state index contributed by atoms with van der Waals surface area (Å²) >= 11 is 0. The van der Waals surface area contributed by atoms with Gasteiger partial charge in [-0.2, -0.15) is 0 Å². The normalized spacial score (nSPS) is 23.4. The Balaban J connectivity index is 1.53. The fourth-order valence-electron chi connectivity index (χ4n) is 5.06. The van der Waals surface area contributed by atoms with Gasteiger partial charge in [-0.05, 0) is 57.0 Å². The van der Waals surface area contributed by atoms with Crippen LogP contribution in [-0.4, -0.2) is 47.7 Å². The molecule has 7 nitrogen and oxygen atoms in total. The van der Waals surface area contributed by atoms with Crippen molar-refractivity contribution >= 4 is 26.6 Å². The van der Waals surface area contributed by atoms with Gasteiger partial charge in [0, 0.05) is 35.8 Å². The van der Waals surface area contributed by atoms with Crippen LogP contribution < -0.4 is 10.9 Å². The molecule has 8 heteroatoms. The standard InChI is InChI=1S/C24H31N3O4S/c1-4-32(30,31)12-11-26-19-9-10-20(26)15-18(14-19)25-23(28)21-13-17-7-5-6-8-22(17)27(16(2)3)24(21)29/h5-8,11-13,16,18-20H,4,9-10,14-15H2,1-3H3,(H,25,28)/t18?,19-,20+. The zero-order valence-corrected chi connectivity index (χ0v) is 19.6. The highest BCUT2D eigenvalue weighted by Crippen LogP contribution is 2.36. The molecule has 2 fully saturated rings. The number of aromatic nitrogens is 1. The number of carbonyl (C=O) groups is 1. The molecule has 2 aliphatic heterocycles. The average molecular weight is 458 g/mol. The molecule has 32 heavy (non-hydrogen) atoms. The van der Waals surface area contributed by atoms with Crippen molar-refractivity contribution in [3.63, 3.8) is 0 Å². The Morgan fingerprint density at radius 2 is 1.84 bits per heavy atom. The van der Waals surface area contributed by atoms with E-state index in [4.69, 9.17) is 0 Å². The first-order valence-corrected chi connectivity index (χ1v) is 13.0. The Hall–Kier alpha value is -2.61. The zero-order chi connectivity index (χ0) is 23.0. The second-order valence-electron chi connectivity index (χ2n) is 9.10. The van der Waals surface area contributed by atoms with Crippen LogP contribution >= 0.6 is 0 Å². The summed E-state index contributed by atoms with van der Waals surface area (Å²) in [7, 11) is -3.17. The minimum Gasteiger partial charge on any atom is -0.371 e. The number of amides is 1. The van der Waals surface area contributed by atoms with Crippen molar-refractivity contribution in [2.75, 3.05) is 5.75 Å². The molecule has 0 aliphatic carbocycles. The lowest BCUT2D eigenvalue weighted by Gasteiger charge is -2.38. The molecule has 1 amide bonds. The van der Waals surface area contributed by atoms with Gasteiger partial charge in [-0.15, -0.1) is 0 Å². The maximum absolute atomic E-state index is 13.1. The predicted octanol–water partition coefficient (Wildman–Crippen LogP) is 3.21. The van der Waals surface area contributed by atoms with Crippen LogP contribution in [0.1, 0.15) is 62.9 Å². The van der Waals surface area contributed by atoms with Gasteiger partial charge in [0.25, 0.3) is 11.5 Å². The van der Waals surface area contributed by atoms with E-state index in [1.165, 1.54) is 5.41 Å². The second kappa shape index (κ2) is 8.73. The third kappa shape index (κ3) is 4.33. The van der Waals surface area contributed by atoms with Gasteiger partial charge in [0.1, 0.15) is 5.56 Å². The van der Waals surface area contributed by atoms with Crippen LogP contribution in [-0.2, 0) is 9.84 Å². The fraction of sp³-hybridized carbons (Fsp3) is 0.500. The number of hydrogen-bond acceptors (Lipinski definition) is 5. The smallest absolute Gasteiger partial charge is 0.264 e. The minimum absolute atomic E-state index is 0.0363. The maximum atomic E-state index is 13.1. The Morgan fingerprint density at radius 3 is 2.47 bits per heavy atom. The Bertz CT molecular complexity index is 1200. The summed E-state index contributed by atoms with van der Waals surface area (Å²) in [5, 5.41) is 5.26. The Morgan fingerprint density at radius 1 is 1.19 bits per heavy atom. The first-order chi connectivity index (χ1) is 15.2. The van der Waals surface area contributed by atoms with E-state index in [-0.39, 0.29) is 47.0 Å². The van der Waals surface area contributed by atoms with Gasteiger partial charge >= 0.3 is 0 Å². The number of piperidine rings is 1. The summed E-state index contributed by atoms with van der Waals surface area (Å²) in [4.78, 5) is 28.4. The number of hydrogen-bond donors (Lipinski definition) is 1. The average Bonchev–Trinajstić information content (AvgIpc) is 2.99. The van der Waals surface area contributed by atoms with E-state index in [0.29, 0.717) is 0 Å². The van der Waals surface area contributed by atoms with Gasteiger partial charge in [0.05, 0.1) is 11.3 Å². The quantitative estimate of drug-likeness (QED) is 0.720. The number of para-hydroxylation sites is 1. The molecule has 1 unspecified atom stereocenters. The number of nitrogens with zero attached hydrogens (tertiary/aromatic N) is 2. The predicted molar refractivity (Wildman–Crippen MR) is 126 cm³/mol. The van der Waals surface area contributed by atoms with E-state index >= 15 is 0 Å². The number of carbonyl (C=O) groups excluding carboxylic acids is 1. The van der Waals surface area contributed by atoms with Gasteiger partial charge in [0.2, 0.25) is 0 Å². The third-order valence-electron chi connectivity index (χ3n) is 6.67. The molecule has 2 aromatic rings. The second-order valence-corrected chi connectivity index (χ2v) is 11.3. The molecule has 2 saturated heterocycles. The molecular weight excluding hydrogens is 426 g/mol. The van der Waals surface area contributed by atoms with Gasteiger partial charge in [-0.25, -0.2) is 8.42 Å². The molecule has 3 atom stereocenters. The van der Waals surface area contributed by atoms with Crippen LogP contribution in [0.4, 0.5) is 0 Å². The number of sulfone groups is 1. The number of pyridine rings is 1. The van der Waals surface area contributed by atoms with E-state index in [1.807, 2.05) is 38.1 Å². The van der Waals surface area contributed by atoms with Crippen LogP contribution in [0, 0.1) is 0 Å². The molecule has 2 bridgehead atoms. The van der Waals surface area contributed by atoms with E-state index in [2.05, 4.69) is 10.2 Å². The first kappa shape index (κ1) is 22.6. The van der Waals surface area contributed by atoms with Crippen molar-refractivity contribution in [2.45, 2.75) is 70.6 Å². The van der Waals surface area contributed by atoms with E-state index in [1.54, 1.807) is 23.8 Å². The van der Waals surface area contributed by atoms with E-state index in [0.717, 1.165) is 36.6 Å². The summed E-state index contributed by atoms with van der Waals surface area (Å²) in [6.07, 6.45) is 5.15. The molecule has 0 spiro atoms. The van der Waals surface area contributed by atoms with Gasteiger partial charge < -0.3 is 14.8 Å². The highest BCUT2D eigenvalue weighted by Gasteiger charge is 2.40. The monoisotopic (exact) mass is 457 g/mol. The Labute approximate surface area is 189 Å². The summed E-state index contributed by atoms with van der Waals surface area (Å²) in [6, 6.07) is 9.60. The fourth-order valence-corrected chi connectivity index (χ4v) is 5.58. The third-order valence-corrected chi connectivity index (χ3v) is 8.01. The van der Waals surface area contributed by atoms with Gasteiger partial charge in [-0.3, -0.25) is 9.59 Å². The molecule has 1 N–H and O–H groups in total. The molecule has 0 saturated carbocycles. The van der Waals surface area contributed by atoms with E-state index in [9.17, 15) is 18.0 Å². The first-order valence-electron chi connectivity index (χ1n) is 11.3. The molecule has 172 valence electrons. The molecule has 1 aromatic heterocycles. The molecule has 0 radical (unpaired) electrons. The Kier molecular flexibility index (Phi) is 6.16. The van der Waals surface area contributed by atoms with Gasteiger partial charge in [0.15, 0.2) is 9.84 Å².